The molecule has 0 atom stereocenters. The van der Waals surface area contributed by atoms with Crippen LogP contribution in [0.5, 0.6) is 0 Å². The molecule has 0 radical (unpaired) electrons. The van der Waals surface area contributed by atoms with Gasteiger partial charge in [0.2, 0.25) is 0 Å². The van der Waals surface area contributed by atoms with Gasteiger partial charge < -0.3 is 10.1 Å². The lowest BCUT2D eigenvalue weighted by Gasteiger charge is -2.19. The van der Waals surface area contributed by atoms with Gasteiger partial charge in [-0.15, -0.1) is 11.3 Å². The summed E-state index contributed by atoms with van der Waals surface area (Å²) >= 11 is 1.35. The van der Waals surface area contributed by atoms with Gasteiger partial charge in [-0.2, -0.15) is 0 Å². The Bertz CT molecular complexity index is 1030. The number of halogens is 1. The molecule has 1 aliphatic rings. The van der Waals surface area contributed by atoms with Gasteiger partial charge in [0.15, 0.2) is 0 Å². The number of fused-ring (bicyclic) bond motifs is 1. The second kappa shape index (κ2) is 8.39. The maximum absolute atomic E-state index is 13.0. The number of aryl methyl sites for hydroxylation is 2. The number of ether oxygens (including phenoxy) is 1. The van der Waals surface area contributed by atoms with Crippen molar-refractivity contribution in [1.29, 1.82) is 0 Å². The first-order valence-electron chi connectivity index (χ1n) is 9.90. The number of nitrogens with zero attached hydrogens (tertiary/aromatic N) is 2. The highest BCUT2D eigenvalue weighted by atomic mass is 32.1. The topological polar surface area (TPSA) is 82.3 Å². The van der Waals surface area contributed by atoms with Gasteiger partial charge in [0.25, 0.3) is 5.56 Å². The number of alkyl halides is 1. The molecular formula is C20H28FN3O4S. The molecule has 1 saturated carbocycles. The summed E-state index contributed by atoms with van der Waals surface area (Å²) in [6, 6.07) is -0.0518. The van der Waals surface area contributed by atoms with Crippen LogP contribution < -0.4 is 16.6 Å². The van der Waals surface area contributed by atoms with Crippen molar-refractivity contribution < 1.29 is 13.9 Å². The second-order valence-electron chi connectivity index (χ2n) is 8.40. The zero-order chi connectivity index (χ0) is 21.3. The molecule has 2 heterocycles. The Morgan fingerprint density at radius 2 is 2.00 bits per heavy atom. The van der Waals surface area contributed by atoms with E-state index in [0.29, 0.717) is 16.8 Å². The molecule has 3 rings (SSSR count). The molecule has 1 aliphatic carbocycles. The molecule has 0 aliphatic heterocycles. The fourth-order valence-corrected chi connectivity index (χ4v) is 4.59. The first kappa shape index (κ1) is 21.7. The number of carbonyl (C=O) groups is 1. The van der Waals surface area contributed by atoms with Crippen molar-refractivity contribution in [2.75, 3.05) is 13.2 Å². The van der Waals surface area contributed by atoms with E-state index < -0.39 is 12.3 Å². The Labute approximate surface area is 172 Å². The van der Waals surface area contributed by atoms with Crippen molar-refractivity contribution in [3.8, 4) is 0 Å². The van der Waals surface area contributed by atoms with Crippen molar-refractivity contribution >= 4 is 27.5 Å². The minimum absolute atomic E-state index is 0.0475. The van der Waals surface area contributed by atoms with Crippen LogP contribution in [0.25, 0.3) is 10.2 Å². The summed E-state index contributed by atoms with van der Waals surface area (Å²) < 4.78 is 20.9. The first-order chi connectivity index (χ1) is 13.6. The number of nitrogens with one attached hydrogen (secondary N) is 1. The lowest BCUT2D eigenvalue weighted by Crippen LogP contribution is -2.39. The number of esters is 1. The number of carbonyl (C=O) groups excluding carboxylic acids is 1. The molecule has 0 aromatic carbocycles. The van der Waals surface area contributed by atoms with Gasteiger partial charge in [0, 0.05) is 24.0 Å². The second-order valence-corrected chi connectivity index (χ2v) is 9.49. The molecule has 29 heavy (non-hydrogen) atoms. The highest BCUT2D eigenvalue weighted by molar-refractivity contribution is 7.18. The van der Waals surface area contributed by atoms with E-state index in [4.69, 9.17) is 4.74 Å². The van der Waals surface area contributed by atoms with Crippen molar-refractivity contribution in [3.05, 3.63) is 31.3 Å². The quantitative estimate of drug-likeness (QED) is 0.658. The summed E-state index contributed by atoms with van der Waals surface area (Å²) in [5.74, 6) is -0.354. The van der Waals surface area contributed by atoms with Crippen LogP contribution in [-0.4, -0.2) is 33.9 Å². The van der Waals surface area contributed by atoms with Gasteiger partial charge in [-0.3, -0.25) is 23.1 Å². The first-order valence-corrected chi connectivity index (χ1v) is 10.7. The van der Waals surface area contributed by atoms with Crippen LogP contribution in [0, 0.1) is 6.92 Å². The molecule has 1 N–H and O–H groups in total. The van der Waals surface area contributed by atoms with Crippen LogP contribution in [-0.2, 0) is 22.6 Å². The molecule has 9 heteroatoms. The van der Waals surface area contributed by atoms with Crippen molar-refractivity contribution in [2.24, 2.45) is 0 Å². The molecule has 160 valence electrons. The number of hydrogen-bond acceptors (Lipinski definition) is 6. The van der Waals surface area contributed by atoms with Crippen LogP contribution in [0.1, 0.15) is 56.5 Å². The highest BCUT2D eigenvalue weighted by Gasteiger charge is 2.30. The molecule has 0 unspecified atom stereocenters. The lowest BCUT2D eigenvalue weighted by atomic mass is 10.2. The third-order valence-corrected chi connectivity index (χ3v) is 6.06. The van der Waals surface area contributed by atoms with Crippen LogP contribution in [0.3, 0.4) is 0 Å². The summed E-state index contributed by atoms with van der Waals surface area (Å²) in [6.45, 7) is 7.42. The number of hydrogen-bond donors (Lipinski definition) is 1. The predicted octanol–water partition coefficient (Wildman–Crippen LogP) is 2.66. The predicted molar refractivity (Wildman–Crippen MR) is 111 cm³/mol. The van der Waals surface area contributed by atoms with E-state index in [2.05, 4.69) is 5.32 Å². The van der Waals surface area contributed by atoms with Crippen molar-refractivity contribution in [1.82, 2.24) is 14.5 Å². The lowest BCUT2D eigenvalue weighted by molar-refractivity contribution is -0.153. The van der Waals surface area contributed by atoms with Gasteiger partial charge in [0.1, 0.15) is 10.4 Å². The normalized spacial score (nSPS) is 14.5. The number of aromatic nitrogens is 2. The van der Waals surface area contributed by atoms with Crippen LogP contribution in [0.15, 0.2) is 9.59 Å². The number of thiophene rings is 1. The van der Waals surface area contributed by atoms with Crippen molar-refractivity contribution in [2.45, 2.75) is 71.7 Å². The average Bonchev–Trinajstić information content (AvgIpc) is 3.38. The molecular weight excluding hydrogens is 397 g/mol. The standard InChI is InChI=1S/C20H28FN3O4S/c1-12-14(10-22-11-15(25)28-20(2,3)4)29-18-16(12)17(26)24(13-6-7-13)19(27)23(18)9-5-8-21/h13,22H,5-11H2,1-4H3. The minimum Gasteiger partial charge on any atom is -0.459 e. The Kier molecular flexibility index (Phi) is 6.28. The minimum atomic E-state index is -0.549. The molecule has 7 nitrogen and oxygen atoms in total. The van der Waals surface area contributed by atoms with E-state index >= 15 is 0 Å². The van der Waals surface area contributed by atoms with E-state index in [1.807, 2.05) is 27.7 Å². The maximum Gasteiger partial charge on any atom is 0.332 e. The smallest absolute Gasteiger partial charge is 0.332 e. The number of rotatable bonds is 8. The van der Waals surface area contributed by atoms with E-state index in [-0.39, 0.29) is 42.8 Å². The SMILES string of the molecule is Cc1c(CNCC(=O)OC(C)(C)C)sc2c1c(=O)n(C1CC1)c(=O)n2CCCF. The Balaban J connectivity index is 1.91. The van der Waals surface area contributed by atoms with E-state index in [9.17, 15) is 18.8 Å². The highest BCUT2D eigenvalue weighted by Crippen LogP contribution is 2.34. The fourth-order valence-electron chi connectivity index (χ4n) is 3.30. The Morgan fingerprint density at radius 1 is 1.31 bits per heavy atom. The van der Waals surface area contributed by atoms with Crippen LogP contribution >= 0.6 is 11.3 Å². The van der Waals surface area contributed by atoms with Gasteiger partial charge in [-0.1, -0.05) is 0 Å². The van der Waals surface area contributed by atoms with Gasteiger partial charge in [0.05, 0.1) is 18.6 Å². The molecule has 2 aromatic heterocycles. The molecule has 0 saturated heterocycles. The average molecular weight is 426 g/mol. The summed E-state index contributed by atoms with van der Waals surface area (Å²) in [7, 11) is 0. The van der Waals surface area contributed by atoms with Gasteiger partial charge >= 0.3 is 11.7 Å². The monoisotopic (exact) mass is 425 g/mol. The van der Waals surface area contributed by atoms with E-state index in [1.165, 1.54) is 20.5 Å². The van der Waals surface area contributed by atoms with Crippen molar-refractivity contribution in [3.63, 3.8) is 0 Å². The largest absolute Gasteiger partial charge is 0.459 e. The molecule has 2 aromatic rings. The molecule has 0 bridgehead atoms. The van der Waals surface area contributed by atoms with Crippen LogP contribution in [0.2, 0.25) is 0 Å². The van der Waals surface area contributed by atoms with E-state index in [0.717, 1.165) is 23.3 Å². The third-order valence-electron chi connectivity index (χ3n) is 4.74. The maximum atomic E-state index is 13.0. The fraction of sp³-hybridized carbons (Fsp3) is 0.650. The van der Waals surface area contributed by atoms with Gasteiger partial charge in [-0.05, 0) is 52.5 Å². The van der Waals surface area contributed by atoms with E-state index in [1.54, 1.807) is 0 Å². The molecule has 1 fully saturated rings. The molecule has 0 amide bonds. The van der Waals surface area contributed by atoms with Gasteiger partial charge in [-0.25, -0.2) is 4.79 Å². The summed E-state index contributed by atoms with van der Waals surface area (Å²) in [4.78, 5) is 39.2. The summed E-state index contributed by atoms with van der Waals surface area (Å²) in [6.07, 6.45) is 1.86. The zero-order valence-corrected chi connectivity index (χ0v) is 18.2. The Morgan fingerprint density at radius 3 is 2.59 bits per heavy atom. The summed E-state index contributed by atoms with van der Waals surface area (Å²) in [5, 5.41) is 3.57. The van der Waals surface area contributed by atoms with Crippen LogP contribution in [0.4, 0.5) is 4.39 Å². The third kappa shape index (κ3) is 4.78. The summed E-state index contributed by atoms with van der Waals surface area (Å²) in [5.41, 5.74) is -0.369. The Hall–Kier alpha value is -2.00. The zero-order valence-electron chi connectivity index (χ0n) is 17.3. The molecule has 0 spiro atoms.